The van der Waals surface area contributed by atoms with Crippen molar-refractivity contribution in [1.29, 1.82) is 0 Å². The number of alkyl halides is 3. The largest absolute Gasteiger partial charge is 0.481 e. The van der Waals surface area contributed by atoms with Crippen LogP contribution in [0.3, 0.4) is 0 Å². The normalized spacial score (nSPS) is 14.7. The van der Waals surface area contributed by atoms with Crippen molar-refractivity contribution in [3.8, 4) is 11.1 Å². The van der Waals surface area contributed by atoms with E-state index in [4.69, 9.17) is 15.6 Å². The van der Waals surface area contributed by atoms with Crippen molar-refractivity contribution in [3.63, 3.8) is 0 Å². The van der Waals surface area contributed by atoms with Gasteiger partial charge in [-0.15, -0.1) is 0 Å². The van der Waals surface area contributed by atoms with Gasteiger partial charge in [-0.3, -0.25) is 9.59 Å². The summed E-state index contributed by atoms with van der Waals surface area (Å²) in [7, 11) is 0. The third-order valence-electron chi connectivity index (χ3n) is 6.02. The number of rotatable bonds is 7. The number of esters is 1. The number of benzene rings is 3. The molecule has 0 saturated carbocycles. The van der Waals surface area contributed by atoms with Crippen LogP contribution in [0.2, 0.25) is 0 Å². The molecule has 0 aromatic heterocycles. The minimum absolute atomic E-state index is 0.0409. The third kappa shape index (κ3) is 4.68. The van der Waals surface area contributed by atoms with Crippen molar-refractivity contribution in [1.82, 2.24) is 0 Å². The van der Waals surface area contributed by atoms with Crippen LogP contribution in [0.4, 0.5) is 13.2 Å². The lowest BCUT2D eigenvalue weighted by Crippen LogP contribution is -2.37. The number of hydrogen-bond acceptors (Lipinski definition) is 4. The fourth-order valence-electron chi connectivity index (χ4n) is 4.48. The molecule has 1 aliphatic carbocycles. The number of carboxylic acid groups (broad SMARTS) is 1. The Hall–Kier alpha value is -3.65. The summed E-state index contributed by atoms with van der Waals surface area (Å²) in [5.74, 6) is -3.76. The molecule has 0 bridgehead atoms. The Bertz CT molecular complexity index is 1180. The van der Waals surface area contributed by atoms with E-state index in [-0.39, 0.29) is 18.1 Å². The molecule has 34 heavy (non-hydrogen) atoms. The fraction of sp³-hybridized carbons (Fsp3) is 0.231. The second-order valence-electron chi connectivity index (χ2n) is 8.22. The fourth-order valence-corrected chi connectivity index (χ4v) is 4.48. The van der Waals surface area contributed by atoms with Crippen LogP contribution in [0.15, 0.2) is 72.8 Å². The summed E-state index contributed by atoms with van der Waals surface area (Å²) >= 11 is 0. The van der Waals surface area contributed by atoms with Crippen LogP contribution in [-0.4, -0.2) is 29.7 Å². The van der Waals surface area contributed by atoms with Gasteiger partial charge >= 0.3 is 18.1 Å². The first-order valence-corrected chi connectivity index (χ1v) is 10.7. The van der Waals surface area contributed by atoms with Gasteiger partial charge in [-0.1, -0.05) is 66.7 Å². The number of ether oxygens (including phenoxy) is 1. The van der Waals surface area contributed by atoms with Crippen LogP contribution in [0.1, 0.15) is 40.5 Å². The third-order valence-corrected chi connectivity index (χ3v) is 6.02. The van der Waals surface area contributed by atoms with E-state index in [1.807, 2.05) is 48.5 Å². The minimum atomic E-state index is -4.63. The molecule has 3 aromatic carbocycles. The quantitative estimate of drug-likeness (QED) is 0.478. The number of carbonyl (C=O) groups excluding carboxylic acids is 1. The van der Waals surface area contributed by atoms with Crippen LogP contribution in [0, 0.1) is 0 Å². The Balaban J connectivity index is 1.62. The first kappa shape index (κ1) is 23.5. The number of hydrogen-bond donors (Lipinski definition) is 2. The van der Waals surface area contributed by atoms with Crippen molar-refractivity contribution in [2.24, 2.45) is 5.73 Å². The summed E-state index contributed by atoms with van der Waals surface area (Å²) in [5.41, 5.74) is 8.99. The first-order valence-electron chi connectivity index (χ1n) is 10.7. The lowest BCUT2D eigenvalue weighted by molar-refractivity contribution is -0.147. The molecule has 0 fully saturated rings. The highest BCUT2D eigenvalue weighted by molar-refractivity contribution is 5.82. The molecule has 3 N–H and O–H groups in total. The van der Waals surface area contributed by atoms with E-state index in [0.717, 1.165) is 40.5 Å². The van der Waals surface area contributed by atoms with Crippen molar-refractivity contribution in [2.45, 2.75) is 30.5 Å². The van der Waals surface area contributed by atoms with Crippen molar-refractivity contribution < 1.29 is 32.6 Å². The Labute approximate surface area is 194 Å². The molecule has 176 valence electrons. The van der Waals surface area contributed by atoms with Gasteiger partial charge < -0.3 is 15.6 Å². The lowest BCUT2D eigenvalue weighted by atomic mass is 9.89. The van der Waals surface area contributed by atoms with Crippen LogP contribution in [0.25, 0.3) is 11.1 Å². The molecule has 3 aromatic rings. The molecule has 4 rings (SSSR count). The maximum Gasteiger partial charge on any atom is 0.416 e. The Morgan fingerprint density at radius 2 is 1.53 bits per heavy atom. The first-order chi connectivity index (χ1) is 16.2. The van der Waals surface area contributed by atoms with Crippen molar-refractivity contribution in [3.05, 3.63) is 95.1 Å². The van der Waals surface area contributed by atoms with Gasteiger partial charge in [-0.05, 0) is 33.9 Å². The van der Waals surface area contributed by atoms with Crippen molar-refractivity contribution >= 4 is 11.9 Å². The van der Waals surface area contributed by atoms with E-state index in [9.17, 15) is 22.8 Å². The molecule has 2 atom stereocenters. The smallest absolute Gasteiger partial charge is 0.416 e. The second kappa shape index (κ2) is 9.30. The SMILES string of the molecule is N[C@@H](CC(=O)O)C(C(=O)OCC1c2ccccc2-c2ccccc21)c1cccc(C(F)(F)F)c1. The summed E-state index contributed by atoms with van der Waals surface area (Å²) in [6, 6.07) is 18.3. The van der Waals surface area contributed by atoms with Gasteiger partial charge in [0.05, 0.1) is 17.9 Å². The van der Waals surface area contributed by atoms with Gasteiger partial charge in [-0.25, -0.2) is 0 Å². The zero-order chi connectivity index (χ0) is 24.5. The van der Waals surface area contributed by atoms with E-state index < -0.39 is 42.1 Å². The Morgan fingerprint density at radius 3 is 2.09 bits per heavy atom. The van der Waals surface area contributed by atoms with E-state index in [1.54, 1.807) is 0 Å². The average Bonchev–Trinajstić information content (AvgIpc) is 3.11. The molecule has 0 radical (unpaired) electrons. The van der Waals surface area contributed by atoms with Crippen LogP contribution < -0.4 is 5.73 Å². The Kier molecular flexibility index (Phi) is 6.43. The van der Waals surface area contributed by atoms with Gasteiger partial charge in [0.15, 0.2) is 0 Å². The Morgan fingerprint density at radius 1 is 0.941 bits per heavy atom. The summed E-state index contributed by atoms with van der Waals surface area (Å²) in [4.78, 5) is 24.4. The van der Waals surface area contributed by atoms with Gasteiger partial charge in [0.25, 0.3) is 0 Å². The molecule has 5 nitrogen and oxygen atoms in total. The summed E-state index contributed by atoms with van der Waals surface area (Å²) in [6.45, 7) is -0.0535. The molecular formula is C26H22F3NO4. The number of carboxylic acids is 1. The molecule has 1 unspecified atom stereocenters. The number of aliphatic carboxylic acids is 1. The highest BCUT2D eigenvalue weighted by atomic mass is 19.4. The average molecular weight is 469 g/mol. The van der Waals surface area contributed by atoms with Crippen LogP contribution >= 0.6 is 0 Å². The molecule has 0 spiro atoms. The summed E-state index contributed by atoms with van der Waals surface area (Å²) < 4.78 is 45.3. The van der Waals surface area contributed by atoms with Gasteiger partial charge in [0.1, 0.15) is 6.61 Å². The monoisotopic (exact) mass is 469 g/mol. The summed E-state index contributed by atoms with van der Waals surface area (Å²) in [5, 5.41) is 9.15. The molecule has 0 saturated heterocycles. The minimum Gasteiger partial charge on any atom is -0.481 e. The van der Waals surface area contributed by atoms with Gasteiger partial charge in [0.2, 0.25) is 0 Å². The predicted molar refractivity (Wildman–Crippen MR) is 119 cm³/mol. The number of halogens is 3. The zero-order valence-corrected chi connectivity index (χ0v) is 18.0. The van der Waals surface area contributed by atoms with Crippen LogP contribution in [0.5, 0.6) is 0 Å². The maximum absolute atomic E-state index is 13.2. The van der Waals surface area contributed by atoms with Gasteiger partial charge in [-0.2, -0.15) is 13.2 Å². The zero-order valence-electron chi connectivity index (χ0n) is 18.0. The van der Waals surface area contributed by atoms with E-state index >= 15 is 0 Å². The molecule has 1 aliphatic rings. The number of carbonyl (C=O) groups is 2. The number of fused-ring (bicyclic) bond motifs is 3. The molecule has 0 amide bonds. The maximum atomic E-state index is 13.2. The highest BCUT2D eigenvalue weighted by Crippen LogP contribution is 2.44. The number of nitrogens with two attached hydrogens (primary N) is 1. The topological polar surface area (TPSA) is 89.6 Å². The lowest BCUT2D eigenvalue weighted by Gasteiger charge is -2.24. The highest BCUT2D eigenvalue weighted by Gasteiger charge is 2.36. The molecular weight excluding hydrogens is 447 g/mol. The van der Waals surface area contributed by atoms with Gasteiger partial charge in [0, 0.05) is 12.0 Å². The summed E-state index contributed by atoms with van der Waals surface area (Å²) in [6.07, 6.45) is -5.23. The molecule has 0 heterocycles. The van der Waals surface area contributed by atoms with E-state index in [1.165, 1.54) is 6.07 Å². The van der Waals surface area contributed by atoms with E-state index in [0.29, 0.717) is 0 Å². The second-order valence-corrected chi connectivity index (χ2v) is 8.22. The standard InChI is InChI=1S/C26H22F3NO4/c27-26(28,29)16-7-5-6-15(12-16)24(22(30)13-23(31)32)25(33)34-14-21-19-10-3-1-8-17(19)18-9-2-4-11-20(18)21/h1-12,21-22,24H,13-14,30H2,(H,31,32)/t22-,24?/m0/s1. The van der Waals surface area contributed by atoms with E-state index in [2.05, 4.69) is 0 Å². The predicted octanol–water partition coefficient (Wildman–Crippen LogP) is 4.95. The van der Waals surface area contributed by atoms with Crippen LogP contribution in [-0.2, 0) is 20.5 Å². The molecule has 8 heteroatoms. The van der Waals surface area contributed by atoms with Crippen molar-refractivity contribution in [2.75, 3.05) is 6.61 Å². The molecule has 0 aliphatic heterocycles.